The van der Waals surface area contributed by atoms with E-state index in [9.17, 15) is 10.1 Å². The molecule has 3 heterocycles. The van der Waals surface area contributed by atoms with Gasteiger partial charge in [-0.05, 0) is 59.9 Å². The van der Waals surface area contributed by atoms with Gasteiger partial charge in [-0.3, -0.25) is 14.5 Å². The molecule has 0 saturated heterocycles. The Kier molecular flexibility index (Phi) is 3.43. The van der Waals surface area contributed by atoms with Gasteiger partial charge < -0.3 is 4.42 Å². The van der Waals surface area contributed by atoms with E-state index in [-0.39, 0.29) is 5.88 Å². The Morgan fingerprint density at radius 2 is 2.05 bits per heavy atom. The van der Waals surface area contributed by atoms with Crippen LogP contribution in [0, 0.1) is 10.1 Å². The van der Waals surface area contributed by atoms with Crippen LogP contribution in [-0.2, 0) is 0 Å². The molecule has 0 aliphatic heterocycles. The summed E-state index contributed by atoms with van der Waals surface area (Å²) >= 11 is 10.2. The van der Waals surface area contributed by atoms with Gasteiger partial charge in [-0.2, -0.15) is 0 Å². The maximum absolute atomic E-state index is 10.7. The molecule has 9 heteroatoms. The fourth-order valence-electron chi connectivity index (χ4n) is 1.76. The lowest BCUT2D eigenvalue weighted by Gasteiger charge is -1.98. The number of nitrogens with zero attached hydrogens (tertiary/aromatic N) is 3. The van der Waals surface area contributed by atoms with Crippen LogP contribution < -0.4 is 0 Å². The van der Waals surface area contributed by atoms with Crippen molar-refractivity contribution in [3.05, 3.63) is 48.1 Å². The Labute approximate surface area is 137 Å². The van der Waals surface area contributed by atoms with E-state index in [1.807, 2.05) is 12.3 Å². The first-order valence-corrected chi connectivity index (χ1v) is 7.62. The Morgan fingerprint density at radius 3 is 2.70 bits per heavy atom. The molecule has 0 bridgehead atoms. The Balaban J connectivity index is 2.23. The Hall–Kier alpha value is -1.19. The second kappa shape index (κ2) is 4.97. The zero-order chi connectivity index (χ0) is 14.4. The largest absolute Gasteiger partial charge is 0.433 e. The molecular weight excluding hydrogens is 462 g/mol. The predicted octanol–water partition coefficient (Wildman–Crippen LogP) is 4.79. The average Bonchev–Trinajstić information content (AvgIpc) is 2.95. The van der Waals surface area contributed by atoms with Gasteiger partial charge in [-0.1, -0.05) is 0 Å². The van der Waals surface area contributed by atoms with Crippen LogP contribution in [0.4, 0.5) is 5.88 Å². The van der Waals surface area contributed by atoms with Crippen molar-refractivity contribution in [2.24, 2.45) is 0 Å². The summed E-state index contributed by atoms with van der Waals surface area (Å²) in [5.41, 5.74) is 1.17. The number of hydrogen-bond donors (Lipinski definition) is 0. The molecule has 0 aliphatic rings. The molecule has 102 valence electrons. The second-order valence-corrected chi connectivity index (χ2v) is 6.37. The van der Waals surface area contributed by atoms with E-state index in [4.69, 9.17) is 4.42 Å². The fraction of sp³-hybridized carbons (Fsp3) is 0. The topological polar surface area (TPSA) is 73.6 Å². The number of fused-ring (bicyclic) bond motifs is 1. The first kappa shape index (κ1) is 13.8. The minimum Gasteiger partial charge on any atom is -0.399 e. The Morgan fingerprint density at radius 1 is 1.30 bits per heavy atom. The van der Waals surface area contributed by atoms with Crippen LogP contribution in [0.5, 0.6) is 0 Å². The van der Waals surface area contributed by atoms with E-state index in [0.717, 1.165) is 8.95 Å². The average molecular weight is 466 g/mol. The number of pyridine rings is 1. The second-order valence-electron chi connectivity index (χ2n) is 3.85. The molecule has 0 N–H and O–H groups in total. The molecule has 0 radical (unpaired) electrons. The zero-order valence-corrected chi connectivity index (χ0v) is 14.3. The molecule has 3 aromatic rings. The van der Waals surface area contributed by atoms with Crippen LogP contribution >= 0.6 is 47.8 Å². The number of furan rings is 1. The first-order valence-electron chi connectivity index (χ1n) is 5.24. The van der Waals surface area contributed by atoms with Gasteiger partial charge >= 0.3 is 5.88 Å². The van der Waals surface area contributed by atoms with Gasteiger partial charge in [0.05, 0.1) is 10.5 Å². The molecule has 0 unspecified atom stereocenters. The van der Waals surface area contributed by atoms with E-state index in [1.54, 1.807) is 4.40 Å². The highest BCUT2D eigenvalue weighted by Crippen LogP contribution is 2.34. The van der Waals surface area contributed by atoms with Crippen LogP contribution in [0.2, 0.25) is 0 Å². The number of rotatable bonds is 2. The minimum atomic E-state index is -0.584. The standard InChI is InChI=1S/C11H4Br3N3O3/c12-5-3-6(13)11-15-9(10(14)16(11)4-5)7-1-2-8(20-7)17(18)19/h1-4H. The molecule has 0 amide bonds. The van der Waals surface area contributed by atoms with Gasteiger partial charge in [-0.15, -0.1) is 0 Å². The molecule has 0 spiro atoms. The van der Waals surface area contributed by atoms with Crippen LogP contribution in [0.15, 0.2) is 42.4 Å². The normalized spacial score (nSPS) is 11.2. The highest BCUT2D eigenvalue weighted by atomic mass is 79.9. The molecule has 6 nitrogen and oxygen atoms in total. The summed E-state index contributed by atoms with van der Waals surface area (Å²) in [6, 6.07) is 4.69. The van der Waals surface area contributed by atoms with E-state index >= 15 is 0 Å². The first-order chi connectivity index (χ1) is 9.47. The van der Waals surface area contributed by atoms with Gasteiger partial charge in [-0.25, -0.2) is 4.98 Å². The summed E-state index contributed by atoms with van der Waals surface area (Å²) in [6.07, 6.45) is 1.83. The summed E-state index contributed by atoms with van der Waals surface area (Å²) in [5.74, 6) is 0.0134. The Bertz CT molecular complexity index is 840. The third kappa shape index (κ3) is 2.19. The van der Waals surface area contributed by atoms with Crippen molar-refractivity contribution in [2.45, 2.75) is 0 Å². The lowest BCUT2D eigenvalue weighted by Crippen LogP contribution is -1.85. The van der Waals surface area contributed by atoms with Gasteiger partial charge in [0, 0.05) is 10.7 Å². The lowest BCUT2D eigenvalue weighted by molar-refractivity contribution is -0.401. The van der Waals surface area contributed by atoms with Crippen LogP contribution in [0.25, 0.3) is 17.1 Å². The lowest BCUT2D eigenvalue weighted by atomic mass is 10.3. The summed E-state index contributed by atoms with van der Waals surface area (Å²) in [6.45, 7) is 0. The number of halogens is 3. The van der Waals surface area contributed by atoms with Crippen LogP contribution in [0.1, 0.15) is 0 Å². The van der Waals surface area contributed by atoms with Crippen LogP contribution in [0.3, 0.4) is 0 Å². The number of nitro groups is 1. The van der Waals surface area contributed by atoms with Crippen molar-refractivity contribution in [1.29, 1.82) is 0 Å². The molecule has 3 rings (SSSR count). The molecule has 20 heavy (non-hydrogen) atoms. The molecule has 0 aliphatic carbocycles. The maximum Gasteiger partial charge on any atom is 0.433 e. The van der Waals surface area contributed by atoms with Gasteiger partial charge in [0.1, 0.15) is 15.2 Å². The molecular formula is C11H4Br3N3O3. The smallest absolute Gasteiger partial charge is 0.399 e. The number of hydrogen-bond acceptors (Lipinski definition) is 4. The van der Waals surface area contributed by atoms with Crippen molar-refractivity contribution in [3.8, 4) is 11.5 Å². The quantitative estimate of drug-likeness (QED) is 0.403. The summed E-state index contributed by atoms with van der Waals surface area (Å²) in [5, 5.41) is 10.7. The summed E-state index contributed by atoms with van der Waals surface area (Å²) in [4.78, 5) is 14.5. The third-order valence-electron chi connectivity index (χ3n) is 2.59. The van der Waals surface area contributed by atoms with Crippen molar-refractivity contribution in [1.82, 2.24) is 9.38 Å². The van der Waals surface area contributed by atoms with Crippen molar-refractivity contribution in [2.75, 3.05) is 0 Å². The predicted molar refractivity (Wildman–Crippen MR) is 82.6 cm³/mol. The molecule has 0 aromatic carbocycles. The van der Waals surface area contributed by atoms with Gasteiger partial charge in [0.25, 0.3) is 0 Å². The zero-order valence-electron chi connectivity index (χ0n) is 9.51. The molecule has 0 saturated carbocycles. The molecule has 0 atom stereocenters. The maximum atomic E-state index is 10.7. The van der Waals surface area contributed by atoms with E-state index in [0.29, 0.717) is 21.7 Å². The minimum absolute atomic E-state index is 0.316. The SMILES string of the molecule is O=[N+]([O-])c1ccc(-c2nc3c(Br)cc(Br)cn3c2Br)o1. The third-order valence-corrected chi connectivity index (χ3v) is 4.36. The van der Waals surface area contributed by atoms with E-state index < -0.39 is 4.92 Å². The van der Waals surface area contributed by atoms with E-state index in [1.165, 1.54) is 12.1 Å². The molecule has 0 fully saturated rings. The van der Waals surface area contributed by atoms with E-state index in [2.05, 4.69) is 52.8 Å². The van der Waals surface area contributed by atoms with Crippen LogP contribution in [-0.4, -0.2) is 14.3 Å². The summed E-state index contributed by atoms with van der Waals surface area (Å²) < 4.78 is 9.29. The van der Waals surface area contributed by atoms with Gasteiger partial charge in [0.2, 0.25) is 0 Å². The highest BCUT2D eigenvalue weighted by Gasteiger charge is 2.20. The van der Waals surface area contributed by atoms with Crippen molar-refractivity contribution < 1.29 is 9.34 Å². The summed E-state index contributed by atoms with van der Waals surface area (Å²) in [7, 11) is 0. The highest BCUT2D eigenvalue weighted by molar-refractivity contribution is 9.11. The van der Waals surface area contributed by atoms with Crippen molar-refractivity contribution >= 4 is 59.3 Å². The number of imidazole rings is 1. The fourth-order valence-corrected chi connectivity index (χ4v) is 3.58. The van der Waals surface area contributed by atoms with Crippen molar-refractivity contribution in [3.63, 3.8) is 0 Å². The van der Waals surface area contributed by atoms with Gasteiger partial charge in [0.15, 0.2) is 11.4 Å². The number of aromatic nitrogens is 2. The monoisotopic (exact) mass is 463 g/mol. The molecule has 3 aromatic heterocycles.